The summed E-state index contributed by atoms with van der Waals surface area (Å²) >= 11 is 0. The molecule has 2 aliphatic heterocycles. The quantitative estimate of drug-likeness (QED) is 0.0204. The fourth-order valence-corrected chi connectivity index (χ4v) is 13.3. The van der Waals surface area contributed by atoms with Gasteiger partial charge in [-0.2, -0.15) is 0 Å². The zero-order valence-corrected chi connectivity index (χ0v) is 60.0. The summed E-state index contributed by atoms with van der Waals surface area (Å²) in [6.45, 7) is 2.91. The number of ether oxygens (including phenoxy) is 4. The lowest BCUT2D eigenvalue weighted by Gasteiger charge is -2.46. The van der Waals surface area contributed by atoms with Gasteiger partial charge in [0.1, 0.15) is 48.8 Å². The third-order valence-corrected chi connectivity index (χ3v) is 19.6. The molecule has 2 aliphatic rings. The van der Waals surface area contributed by atoms with E-state index in [1.165, 1.54) is 276 Å². The Bertz CT molecular complexity index is 1700. The molecular weight excluding hydrogens is 1170 g/mol. The van der Waals surface area contributed by atoms with Crippen LogP contribution >= 0.6 is 0 Å². The van der Waals surface area contributed by atoms with Crippen molar-refractivity contribution in [2.24, 2.45) is 0 Å². The van der Waals surface area contributed by atoms with Crippen LogP contribution in [-0.4, -0.2) is 140 Å². The highest BCUT2D eigenvalue weighted by molar-refractivity contribution is 5.76. The zero-order chi connectivity index (χ0) is 67.3. The Morgan fingerprint density at radius 2 is 0.710 bits per heavy atom. The maximum atomic E-state index is 13.4. The van der Waals surface area contributed by atoms with Gasteiger partial charge in [0.25, 0.3) is 0 Å². The highest BCUT2D eigenvalue weighted by Gasteiger charge is 2.51. The third kappa shape index (κ3) is 47.0. The lowest BCUT2D eigenvalue weighted by atomic mass is 9.97. The second kappa shape index (κ2) is 63.6. The van der Waals surface area contributed by atoms with Gasteiger partial charge >= 0.3 is 0 Å². The molecule has 0 radical (unpaired) electrons. The maximum Gasteiger partial charge on any atom is 0.220 e. The van der Waals surface area contributed by atoms with Crippen LogP contribution in [0.4, 0.5) is 0 Å². The monoisotopic (exact) mass is 1320 g/mol. The fourth-order valence-electron chi connectivity index (χ4n) is 13.3. The minimum absolute atomic E-state index is 0.199. The van der Waals surface area contributed by atoms with E-state index in [1.807, 2.05) is 0 Å². The summed E-state index contributed by atoms with van der Waals surface area (Å²) in [6.07, 6.45) is 66.1. The van der Waals surface area contributed by atoms with Crippen molar-refractivity contribution < 1.29 is 64.6 Å². The number of rotatable bonds is 67. The smallest absolute Gasteiger partial charge is 0.220 e. The van der Waals surface area contributed by atoms with Gasteiger partial charge in [-0.25, -0.2) is 0 Å². The van der Waals surface area contributed by atoms with Crippen molar-refractivity contribution in [3.63, 3.8) is 0 Å². The highest BCUT2D eigenvalue weighted by Crippen LogP contribution is 2.30. The first-order chi connectivity index (χ1) is 45.6. The zero-order valence-electron chi connectivity index (χ0n) is 60.0. The van der Waals surface area contributed by atoms with Crippen molar-refractivity contribution in [2.45, 2.75) is 441 Å². The lowest BCUT2D eigenvalue weighted by Crippen LogP contribution is -2.65. The Balaban J connectivity index is 1.58. The molecule has 1 amide bonds. The van der Waals surface area contributed by atoms with Crippen LogP contribution in [0.2, 0.25) is 0 Å². The van der Waals surface area contributed by atoms with Gasteiger partial charge in [0.15, 0.2) is 12.6 Å². The van der Waals surface area contributed by atoms with Crippen LogP contribution in [0.3, 0.4) is 0 Å². The number of carbonyl (C=O) groups is 1. The number of allylic oxidation sites excluding steroid dienone is 6. The number of carbonyl (C=O) groups excluding carboxylic acids is 1. The van der Waals surface area contributed by atoms with Crippen LogP contribution in [0.15, 0.2) is 36.5 Å². The van der Waals surface area contributed by atoms with E-state index in [2.05, 4.69) is 55.6 Å². The van der Waals surface area contributed by atoms with Crippen molar-refractivity contribution in [3.8, 4) is 0 Å². The van der Waals surface area contributed by atoms with Crippen molar-refractivity contribution in [1.29, 1.82) is 0 Å². The molecule has 12 unspecified atom stereocenters. The van der Waals surface area contributed by atoms with Crippen LogP contribution in [0, 0.1) is 0 Å². The van der Waals surface area contributed by atoms with Crippen molar-refractivity contribution in [2.75, 3.05) is 19.8 Å². The number of hydrogen-bond donors (Lipinski definition) is 9. The van der Waals surface area contributed by atoms with E-state index in [4.69, 9.17) is 18.9 Å². The molecule has 14 nitrogen and oxygen atoms in total. The second-order valence-corrected chi connectivity index (χ2v) is 28.2. The summed E-state index contributed by atoms with van der Waals surface area (Å²) in [7, 11) is 0. The molecule has 548 valence electrons. The van der Waals surface area contributed by atoms with Gasteiger partial charge in [-0.15, -0.1) is 0 Å². The number of aliphatic hydroxyl groups excluding tert-OH is 8. The van der Waals surface area contributed by atoms with Crippen molar-refractivity contribution >= 4 is 5.91 Å². The van der Waals surface area contributed by atoms with Gasteiger partial charge in [-0.1, -0.05) is 346 Å². The molecule has 0 saturated carbocycles. The minimum Gasteiger partial charge on any atom is -0.394 e. The van der Waals surface area contributed by atoms with Gasteiger partial charge in [0.2, 0.25) is 5.91 Å². The van der Waals surface area contributed by atoms with E-state index in [-0.39, 0.29) is 12.5 Å². The number of unbranched alkanes of at least 4 members (excludes halogenated alkanes) is 48. The first-order valence-corrected chi connectivity index (χ1v) is 39.7. The van der Waals surface area contributed by atoms with Crippen LogP contribution in [-0.2, 0) is 23.7 Å². The van der Waals surface area contributed by atoms with Gasteiger partial charge in [0, 0.05) is 6.42 Å². The van der Waals surface area contributed by atoms with Crippen LogP contribution < -0.4 is 5.32 Å². The van der Waals surface area contributed by atoms with Gasteiger partial charge in [-0.3, -0.25) is 4.79 Å². The Labute approximate surface area is 570 Å². The first kappa shape index (κ1) is 87.3. The third-order valence-electron chi connectivity index (χ3n) is 19.6. The molecule has 12 atom stereocenters. The maximum absolute atomic E-state index is 13.4. The summed E-state index contributed by atoms with van der Waals surface area (Å²) in [6, 6.07) is -0.828. The Morgan fingerprint density at radius 1 is 0.387 bits per heavy atom. The summed E-state index contributed by atoms with van der Waals surface area (Å²) < 4.78 is 23.0. The Hall–Kier alpha value is -1.79. The number of amides is 1. The molecule has 0 bridgehead atoms. The SMILES string of the molecule is CCCCCCC/C=C\C/C=C\C/C=C\CCCCCCCCCCCCCCCCCCCCCCCCC(=O)NC(COC1OC(CO)C(OC2OC(CO)C(O)C(O)C2O)C(O)C1O)C(O)CCCCCCCCCCCCCCCCCCCCCCCC. The largest absolute Gasteiger partial charge is 0.394 e. The Kier molecular flexibility index (Phi) is 59.7. The van der Waals surface area contributed by atoms with E-state index in [0.29, 0.717) is 12.8 Å². The van der Waals surface area contributed by atoms with Crippen molar-refractivity contribution in [3.05, 3.63) is 36.5 Å². The van der Waals surface area contributed by atoms with Crippen LogP contribution in [0.25, 0.3) is 0 Å². The van der Waals surface area contributed by atoms with Gasteiger partial charge < -0.3 is 65.1 Å². The number of hydrogen-bond acceptors (Lipinski definition) is 13. The molecule has 2 heterocycles. The van der Waals surface area contributed by atoms with E-state index in [1.54, 1.807) is 0 Å². The highest BCUT2D eigenvalue weighted by atomic mass is 16.7. The molecule has 0 aliphatic carbocycles. The standard InChI is InChI=1S/C79H149NO13/c1-3-5-7-9-11-13-15-17-19-21-23-25-27-28-29-30-31-32-33-34-35-36-37-38-39-40-41-43-45-47-49-51-53-55-57-59-61-63-71(84)80-67(66-90-78-76(89)74(87)77(70(65-82)92-78)93-79-75(88)73(86)72(85)69(64-81)91-79)68(83)62-60-58-56-54-52-50-48-46-44-42-26-24-22-20-18-16-14-12-10-8-6-4-2/h15,17,21,23,27-28,67-70,72-79,81-83,85-89H,3-14,16,18-20,22,24-26,29-66H2,1-2H3,(H,80,84)/b17-15-,23-21-,28-27-. The topological polar surface area (TPSA) is 228 Å². The normalized spacial score (nSPS) is 22.7. The molecular formula is C79H149NO13. The van der Waals surface area contributed by atoms with E-state index >= 15 is 0 Å². The summed E-state index contributed by atoms with van der Waals surface area (Å²) in [5.74, 6) is -0.199. The number of nitrogens with one attached hydrogen (secondary N) is 1. The summed E-state index contributed by atoms with van der Waals surface area (Å²) in [4.78, 5) is 13.4. The second-order valence-electron chi connectivity index (χ2n) is 28.2. The molecule has 2 saturated heterocycles. The molecule has 0 spiro atoms. The molecule has 93 heavy (non-hydrogen) atoms. The molecule has 0 aromatic rings. The molecule has 2 fully saturated rings. The predicted molar refractivity (Wildman–Crippen MR) is 383 cm³/mol. The van der Waals surface area contributed by atoms with Gasteiger partial charge in [0.05, 0.1) is 32.0 Å². The molecule has 2 rings (SSSR count). The van der Waals surface area contributed by atoms with E-state index in [0.717, 1.165) is 64.2 Å². The molecule has 9 N–H and O–H groups in total. The molecule has 0 aromatic carbocycles. The lowest BCUT2D eigenvalue weighted by molar-refractivity contribution is -0.359. The van der Waals surface area contributed by atoms with Crippen molar-refractivity contribution in [1.82, 2.24) is 5.32 Å². The van der Waals surface area contributed by atoms with Crippen LogP contribution in [0.1, 0.15) is 367 Å². The summed E-state index contributed by atoms with van der Waals surface area (Å²) in [5, 5.41) is 87.8. The molecule has 0 aromatic heterocycles. The molecule has 14 heteroatoms. The number of aliphatic hydroxyl groups is 8. The van der Waals surface area contributed by atoms with E-state index in [9.17, 15) is 45.6 Å². The minimum atomic E-state index is -1.78. The van der Waals surface area contributed by atoms with Gasteiger partial charge in [-0.05, 0) is 51.4 Å². The fraction of sp³-hybridized carbons (Fsp3) is 0.911. The predicted octanol–water partition coefficient (Wildman–Crippen LogP) is 17.6. The average Bonchev–Trinajstić information content (AvgIpc) is 0.852. The van der Waals surface area contributed by atoms with Crippen LogP contribution in [0.5, 0.6) is 0 Å². The average molecular weight is 1320 g/mol. The first-order valence-electron chi connectivity index (χ1n) is 39.7. The van der Waals surface area contributed by atoms with E-state index < -0.39 is 86.8 Å². The Morgan fingerprint density at radius 3 is 1.09 bits per heavy atom. The summed E-state index contributed by atoms with van der Waals surface area (Å²) in [5.41, 5.74) is 0.